The Bertz CT molecular complexity index is 1530. The number of carbonyl (C=O) groups excluding carboxylic acids is 4. The van der Waals surface area contributed by atoms with Crippen LogP contribution in [-0.2, 0) is 27.2 Å². The van der Waals surface area contributed by atoms with Crippen LogP contribution in [0.15, 0.2) is 47.6 Å². The predicted molar refractivity (Wildman–Crippen MR) is 157 cm³/mol. The summed E-state index contributed by atoms with van der Waals surface area (Å²) >= 11 is 1.29. The van der Waals surface area contributed by atoms with Gasteiger partial charge in [-0.15, -0.1) is 11.3 Å². The van der Waals surface area contributed by atoms with Crippen molar-refractivity contribution in [3.63, 3.8) is 0 Å². The van der Waals surface area contributed by atoms with Gasteiger partial charge in [0.15, 0.2) is 11.5 Å². The van der Waals surface area contributed by atoms with Gasteiger partial charge in [0, 0.05) is 10.4 Å². The van der Waals surface area contributed by atoms with Gasteiger partial charge in [-0.1, -0.05) is 0 Å². The Balaban J connectivity index is 1.42. The SMILES string of the molecule is CCOC(=O)c1c(NC(=O)C(=O)NN=C(C)c2ccc(OC(=O)c3ccc(OC)cc3)c(OC)c2)sc2c1CCCC2. The zero-order valence-electron chi connectivity index (χ0n) is 23.7. The number of thiophene rings is 1. The average molecular weight is 594 g/mol. The molecule has 1 aliphatic carbocycles. The molecule has 1 aliphatic rings. The molecule has 0 spiro atoms. The maximum absolute atomic E-state index is 12.7. The molecule has 0 radical (unpaired) electrons. The molecule has 11 nitrogen and oxygen atoms in total. The van der Waals surface area contributed by atoms with Crippen LogP contribution in [0.25, 0.3) is 0 Å². The van der Waals surface area contributed by atoms with Gasteiger partial charge in [0.25, 0.3) is 0 Å². The normalized spacial score (nSPS) is 12.5. The Morgan fingerprint density at radius 1 is 0.881 bits per heavy atom. The number of hydrogen-bond acceptors (Lipinski definition) is 10. The number of hydrogen-bond donors (Lipinski definition) is 2. The van der Waals surface area contributed by atoms with E-state index in [0.717, 1.165) is 29.7 Å². The van der Waals surface area contributed by atoms with Crippen molar-refractivity contribution < 1.29 is 38.1 Å². The maximum Gasteiger partial charge on any atom is 0.343 e. The average Bonchev–Trinajstić information content (AvgIpc) is 3.37. The number of nitrogens with one attached hydrogen (secondary N) is 2. The van der Waals surface area contributed by atoms with E-state index in [0.29, 0.717) is 39.6 Å². The molecular formula is C30H31N3O8S. The zero-order valence-corrected chi connectivity index (χ0v) is 24.5. The minimum Gasteiger partial charge on any atom is -0.497 e. The lowest BCUT2D eigenvalue weighted by Crippen LogP contribution is -2.33. The van der Waals surface area contributed by atoms with Gasteiger partial charge in [-0.25, -0.2) is 15.0 Å². The number of fused-ring (bicyclic) bond motifs is 1. The van der Waals surface area contributed by atoms with Crippen molar-refractivity contribution in [1.29, 1.82) is 0 Å². The fourth-order valence-corrected chi connectivity index (χ4v) is 5.62. The Kier molecular flexibility index (Phi) is 9.92. The van der Waals surface area contributed by atoms with Crippen LogP contribution < -0.4 is 25.0 Å². The lowest BCUT2D eigenvalue weighted by molar-refractivity contribution is -0.136. The predicted octanol–water partition coefficient (Wildman–Crippen LogP) is 4.52. The first-order valence-electron chi connectivity index (χ1n) is 13.3. The summed E-state index contributed by atoms with van der Waals surface area (Å²) in [4.78, 5) is 51.5. The highest BCUT2D eigenvalue weighted by molar-refractivity contribution is 7.17. The van der Waals surface area contributed by atoms with E-state index >= 15 is 0 Å². The van der Waals surface area contributed by atoms with Crippen LogP contribution in [0.3, 0.4) is 0 Å². The number of amides is 2. The van der Waals surface area contributed by atoms with Crippen LogP contribution in [0, 0.1) is 0 Å². The molecule has 2 N–H and O–H groups in total. The quantitative estimate of drug-likeness (QED) is 0.121. The summed E-state index contributed by atoms with van der Waals surface area (Å²) in [6, 6.07) is 11.2. The highest BCUT2D eigenvalue weighted by Gasteiger charge is 2.28. The fourth-order valence-electron chi connectivity index (χ4n) is 4.35. The van der Waals surface area contributed by atoms with Crippen LogP contribution in [0.2, 0.25) is 0 Å². The number of methoxy groups -OCH3 is 2. The van der Waals surface area contributed by atoms with Gasteiger partial charge in [0.1, 0.15) is 10.8 Å². The Labute approximate surface area is 246 Å². The molecule has 0 aliphatic heterocycles. The van der Waals surface area contributed by atoms with E-state index in [1.165, 1.54) is 25.6 Å². The number of carbonyl (C=O) groups is 4. The third kappa shape index (κ3) is 6.95. The third-order valence-electron chi connectivity index (χ3n) is 6.52. The molecule has 0 atom stereocenters. The highest BCUT2D eigenvalue weighted by Crippen LogP contribution is 2.38. The number of ether oxygens (including phenoxy) is 4. The number of rotatable bonds is 9. The van der Waals surface area contributed by atoms with E-state index in [1.807, 2.05) is 0 Å². The molecule has 0 unspecified atom stereocenters. The Morgan fingerprint density at radius 3 is 2.29 bits per heavy atom. The number of aryl methyl sites for hydroxylation is 1. The number of esters is 2. The van der Waals surface area contributed by atoms with Crippen LogP contribution >= 0.6 is 11.3 Å². The highest BCUT2D eigenvalue weighted by atomic mass is 32.1. The Hall–Kier alpha value is -4.71. The number of nitrogens with zero attached hydrogens (tertiary/aromatic N) is 1. The lowest BCUT2D eigenvalue weighted by atomic mass is 9.95. The van der Waals surface area contributed by atoms with Crippen molar-refractivity contribution in [3.05, 3.63) is 69.6 Å². The van der Waals surface area contributed by atoms with E-state index in [2.05, 4.69) is 15.8 Å². The molecule has 4 rings (SSSR count). The molecule has 3 aromatic rings. The van der Waals surface area contributed by atoms with Gasteiger partial charge >= 0.3 is 23.8 Å². The van der Waals surface area contributed by atoms with Gasteiger partial charge in [-0.3, -0.25) is 9.59 Å². The monoisotopic (exact) mass is 593 g/mol. The summed E-state index contributed by atoms with van der Waals surface area (Å²) in [5, 5.41) is 6.88. The van der Waals surface area contributed by atoms with Crippen molar-refractivity contribution in [2.75, 3.05) is 26.1 Å². The molecule has 220 valence electrons. The molecule has 1 aromatic heterocycles. The summed E-state index contributed by atoms with van der Waals surface area (Å²) < 4.78 is 21.2. The van der Waals surface area contributed by atoms with E-state index in [1.54, 1.807) is 56.3 Å². The molecule has 42 heavy (non-hydrogen) atoms. The van der Waals surface area contributed by atoms with Gasteiger partial charge in [0.2, 0.25) is 0 Å². The second-order valence-corrected chi connectivity index (χ2v) is 10.3. The van der Waals surface area contributed by atoms with Crippen molar-refractivity contribution in [2.45, 2.75) is 39.5 Å². The van der Waals surface area contributed by atoms with E-state index in [-0.39, 0.29) is 18.1 Å². The molecule has 2 amide bonds. The second-order valence-electron chi connectivity index (χ2n) is 9.21. The zero-order chi connectivity index (χ0) is 30.2. The first-order chi connectivity index (χ1) is 20.2. The van der Waals surface area contributed by atoms with Crippen molar-refractivity contribution in [2.24, 2.45) is 5.10 Å². The summed E-state index contributed by atoms with van der Waals surface area (Å²) in [5.74, 6) is -2.00. The molecule has 12 heteroatoms. The number of benzene rings is 2. The smallest absolute Gasteiger partial charge is 0.343 e. The van der Waals surface area contributed by atoms with Gasteiger partial charge in [0.05, 0.1) is 37.7 Å². The molecule has 0 saturated heterocycles. The summed E-state index contributed by atoms with van der Waals surface area (Å²) in [6.45, 7) is 3.53. The first kappa shape index (κ1) is 30.3. The molecule has 0 bridgehead atoms. The molecule has 0 fully saturated rings. The van der Waals surface area contributed by atoms with Gasteiger partial charge in [-0.2, -0.15) is 5.10 Å². The number of hydrazone groups is 1. The second kappa shape index (κ2) is 13.8. The van der Waals surface area contributed by atoms with E-state index in [4.69, 9.17) is 18.9 Å². The van der Waals surface area contributed by atoms with Crippen LogP contribution in [0.5, 0.6) is 17.2 Å². The maximum atomic E-state index is 12.7. The van der Waals surface area contributed by atoms with Crippen LogP contribution in [0.4, 0.5) is 5.00 Å². The van der Waals surface area contributed by atoms with Crippen molar-refractivity contribution >= 4 is 45.8 Å². The third-order valence-corrected chi connectivity index (χ3v) is 7.73. The van der Waals surface area contributed by atoms with E-state index < -0.39 is 23.8 Å². The topological polar surface area (TPSA) is 142 Å². The minimum absolute atomic E-state index is 0.189. The van der Waals surface area contributed by atoms with Crippen LogP contribution in [-0.4, -0.2) is 50.3 Å². The largest absolute Gasteiger partial charge is 0.497 e. The minimum atomic E-state index is -1.01. The summed E-state index contributed by atoms with van der Waals surface area (Å²) in [6.07, 6.45) is 3.46. The molecule has 1 heterocycles. The summed E-state index contributed by atoms with van der Waals surface area (Å²) in [5.41, 5.74) is 4.68. The standard InChI is InChI=1S/C30H31N3O8S/c1-5-40-30(37)25-21-8-6-7-9-24(21)42-28(25)31-26(34)27(35)33-32-17(2)19-12-15-22(23(16-19)39-4)41-29(36)18-10-13-20(38-3)14-11-18/h10-16H,5-9H2,1-4H3,(H,31,34)(H,33,35). The molecule has 2 aromatic carbocycles. The van der Waals surface area contributed by atoms with Crippen molar-refractivity contribution in [1.82, 2.24) is 5.43 Å². The lowest BCUT2D eigenvalue weighted by Gasteiger charge is -2.12. The first-order valence-corrected chi connectivity index (χ1v) is 14.1. The van der Waals surface area contributed by atoms with Gasteiger partial charge in [-0.05, 0) is 87.6 Å². The summed E-state index contributed by atoms with van der Waals surface area (Å²) in [7, 11) is 2.96. The fraction of sp³-hybridized carbons (Fsp3) is 0.300. The number of anilines is 1. The molecule has 0 saturated carbocycles. The van der Waals surface area contributed by atoms with E-state index in [9.17, 15) is 19.2 Å². The van der Waals surface area contributed by atoms with Gasteiger partial charge < -0.3 is 24.3 Å². The molecular weight excluding hydrogens is 562 g/mol. The Morgan fingerprint density at radius 2 is 1.60 bits per heavy atom. The van der Waals surface area contributed by atoms with Crippen LogP contribution in [0.1, 0.15) is 63.4 Å². The van der Waals surface area contributed by atoms with Crippen molar-refractivity contribution in [3.8, 4) is 17.2 Å².